The zero-order valence-electron chi connectivity index (χ0n) is 17.8. The Labute approximate surface area is 167 Å². The van der Waals surface area contributed by atoms with Gasteiger partial charge in [0.05, 0.1) is 19.3 Å². The van der Waals surface area contributed by atoms with E-state index in [1.807, 2.05) is 0 Å². The van der Waals surface area contributed by atoms with Crippen molar-refractivity contribution in [2.45, 2.75) is 122 Å². The Hall–Kier alpha value is -0.870. The third-order valence-corrected chi connectivity index (χ3v) is 5.02. The van der Waals surface area contributed by atoms with E-state index in [1.54, 1.807) is 12.2 Å². The predicted molar refractivity (Wildman–Crippen MR) is 113 cm³/mol. The highest BCUT2D eigenvalue weighted by Crippen LogP contribution is 2.13. The van der Waals surface area contributed by atoms with E-state index in [0.29, 0.717) is 6.42 Å². The van der Waals surface area contributed by atoms with Crippen LogP contribution >= 0.6 is 0 Å². The van der Waals surface area contributed by atoms with Crippen molar-refractivity contribution in [3.8, 4) is 0 Å². The molecule has 0 spiro atoms. The van der Waals surface area contributed by atoms with Gasteiger partial charge in [0.15, 0.2) is 0 Å². The summed E-state index contributed by atoms with van der Waals surface area (Å²) in [4.78, 5) is 11.0. The van der Waals surface area contributed by atoms with E-state index < -0.39 is 12.2 Å². The molecule has 0 radical (unpaired) electrons. The van der Waals surface area contributed by atoms with Gasteiger partial charge in [-0.25, -0.2) is 0 Å². The fraction of sp³-hybridized carbons (Fsp3) is 0.870. The van der Waals surface area contributed by atoms with Gasteiger partial charge in [-0.05, 0) is 19.3 Å². The lowest BCUT2D eigenvalue weighted by Gasteiger charge is -2.08. The molecule has 0 aromatic carbocycles. The van der Waals surface area contributed by atoms with Crippen LogP contribution in [0.25, 0.3) is 0 Å². The van der Waals surface area contributed by atoms with E-state index in [0.717, 1.165) is 44.9 Å². The van der Waals surface area contributed by atoms with Crippen molar-refractivity contribution in [2.75, 3.05) is 7.11 Å². The molecule has 0 bridgehead atoms. The van der Waals surface area contributed by atoms with E-state index in [9.17, 15) is 15.0 Å². The lowest BCUT2D eigenvalue weighted by Crippen LogP contribution is -2.06. The first kappa shape index (κ1) is 26.1. The normalized spacial score (nSPS) is 13.8. The molecule has 0 aliphatic rings. The molecule has 4 heteroatoms. The lowest BCUT2D eigenvalue weighted by atomic mass is 10.0. The molecule has 0 aromatic heterocycles. The molecular formula is C23H44O4. The van der Waals surface area contributed by atoms with Gasteiger partial charge in [0.25, 0.3) is 0 Å². The van der Waals surface area contributed by atoms with E-state index in [1.165, 1.54) is 58.5 Å². The van der Waals surface area contributed by atoms with Crippen LogP contribution in [-0.2, 0) is 9.53 Å². The summed E-state index contributed by atoms with van der Waals surface area (Å²) in [6.45, 7) is 2.20. The monoisotopic (exact) mass is 384 g/mol. The Morgan fingerprint density at radius 3 is 1.59 bits per heavy atom. The van der Waals surface area contributed by atoms with Gasteiger partial charge < -0.3 is 14.9 Å². The molecule has 4 nitrogen and oxygen atoms in total. The maximum Gasteiger partial charge on any atom is 0.305 e. The molecule has 2 atom stereocenters. The van der Waals surface area contributed by atoms with Crippen molar-refractivity contribution in [2.24, 2.45) is 0 Å². The Bertz CT molecular complexity index is 354. The van der Waals surface area contributed by atoms with Crippen molar-refractivity contribution < 1.29 is 19.7 Å². The Balaban J connectivity index is 3.42. The van der Waals surface area contributed by atoms with Gasteiger partial charge in [-0.15, -0.1) is 0 Å². The first-order valence-electron chi connectivity index (χ1n) is 11.2. The molecule has 0 heterocycles. The highest BCUT2D eigenvalue weighted by atomic mass is 16.5. The van der Waals surface area contributed by atoms with Crippen molar-refractivity contribution >= 4 is 5.97 Å². The molecule has 160 valence electrons. The summed E-state index contributed by atoms with van der Waals surface area (Å²) in [6, 6.07) is 0. The number of aliphatic hydroxyl groups is 2. The van der Waals surface area contributed by atoms with Gasteiger partial charge >= 0.3 is 5.97 Å². The van der Waals surface area contributed by atoms with Gasteiger partial charge in [0, 0.05) is 6.42 Å². The molecule has 2 N–H and O–H groups in total. The number of carbonyl (C=O) groups excluding carboxylic acids is 1. The second-order valence-corrected chi connectivity index (χ2v) is 7.67. The van der Waals surface area contributed by atoms with Crippen LogP contribution in [0.1, 0.15) is 110 Å². The molecule has 0 fully saturated rings. The van der Waals surface area contributed by atoms with Crippen LogP contribution in [0.2, 0.25) is 0 Å². The minimum Gasteiger partial charge on any atom is -0.469 e. The van der Waals surface area contributed by atoms with Crippen LogP contribution in [0.5, 0.6) is 0 Å². The third kappa shape index (κ3) is 19.7. The summed E-state index contributed by atoms with van der Waals surface area (Å²) >= 11 is 0. The Kier molecular flexibility index (Phi) is 19.2. The number of unbranched alkanes of at least 4 members (excludes halogenated alkanes) is 11. The Morgan fingerprint density at radius 1 is 0.741 bits per heavy atom. The van der Waals surface area contributed by atoms with Gasteiger partial charge in [0.2, 0.25) is 0 Å². The first-order valence-corrected chi connectivity index (χ1v) is 11.2. The molecule has 0 amide bonds. The minimum atomic E-state index is -0.432. The van der Waals surface area contributed by atoms with Gasteiger partial charge in [0.1, 0.15) is 0 Å². The molecule has 0 aliphatic carbocycles. The topological polar surface area (TPSA) is 66.8 Å². The summed E-state index contributed by atoms with van der Waals surface area (Å²) in [5.41, 5.74) is 0. The first-order chi connectivity index (χ1) is 13.1. The van der Waals surface area contributed by atoms with Crippen LogP contribution in [0, 0.1) is 0 Å². The lowest BCUT2D eigenvalue weighted by molar-refractivity contribution is -0.140. The summed E-state index contributed by atoms with van der Waals surface area (Å²) in [5, 5.41) is 19.9. The van der Waals surface area contributed by atoms with E-state index >= 15 is 0 Å². The van der Waals surface area contributed by atoms with Crippen molar-refractivity contribution in [1.29, 1.82) is 0 Å². The number of hydrogen-bond donors (Lipinski definition) is 2. The van der Waals surface area contributed by atoms with Crippen molar-refractivity contribution in [1.82, 2.24) is 0 Å². The fourth-order valence-electron chi connectivity index (χ4n) is 3.19. The molecule has 0 saturated carbocycles. The summed E-state index contributed by atoms with van der Waals surface area (Å²) < 4.78 is 4.62. The van der Waals surface area contributed by atoms with Crippen LogP contribution in [0.3, 0.4) is 0 Å². The fourth-order valence-corrected chi connectivity index (χ4v) is 3.19. The number of methoxy groups -OCH3 is 1. The van der Waals surface area contributed by atoms with Gasteiger partial charge in [-0.3, -0.25) is 4.79 Å². The second kappa shape index (κ2) is 19.9. The highest BCUT2D eigenvalue weighted by molar-refractivity contribution is 5.68. The minimum absolute atomic E-state index is 0.109. The van der Waals surface area contributed by atoms with Crippen LogP contribution in [-0.4, -0.2) is 35.5 Å². The van der Waals surface area contributed by atoms with E-state index in [2.05, 4.69) is 11.7 Å². The molecule has 27 heavy (non-hydrogen) atoms. The predicted octanol–water partition coefficient (Wildman–Crippen LogP) is 5.70. The third-order valence-electron chi connectivity index (χ3n) is 5.02. The zero-order valence-corrected chi connectivity index (χ0v) is 17.8. The van der Waals surface area contributed by atoms with Crippen LogP contribution in [0.15, 0.2) is 12.2 Å². The van der Waals surface area contributed by atoms with Gasteiger partial charge in [-0.1, -0.05) is 96.1 Å². The molecule has 0 aromatic rings. The Morgan fingerprint density at radius 2 is 1.15 bits per heavy atom. The van der Waals surface area contributed by atoms with Crippen molar-refractivity contribution in [3.63, 3.8) is 0 Å². The molecule has 0 aliphatic heterocycles. The second-order valence-electron chi connectivity index (χ2n) is 7.67. The van der Waals surface area contributed by atoms with Crippen LogP contribution < -0.4 is 0 Å². The maximum absolute atomic E-state index is 11.0. The smallest absolute Gasteiger partial charge is 0.305 e. The number of carbonyl (C=O) groups is 1. The number of aliphatic hydroxyl groups excluding tert-OH is 2. The molecule has 0 unspecified atom stereocenters. The SMILES string of the molecule is CCCCCCC[C@H](O)/C=C/[C@@H](O)CCCCCCCCCCC(=O)OC. The van der Waals surface area contributed by atoms with Gasteiger partial charge in [-0.2, -0.15) is 0 Å². The highest BCUT2D eigenvalue weighted by Gasteiger charge is 2.03. The largest absolute Gasteiger partial charge is 0.469 e. The molecular weight excluding hydrogens is 340 g/mol. The summed E-state index contributed by atoms with van der Waals surface area (Å²) in [6.07, 6.45) is 19.8. The molecule has 0 saturated heterocycles. The van der Waals surface area contributed by atoms with Crippen molar-refractivity contribution in [3.05, 3.63) is 12.2 Å². The standard InChI is InChI=1S/C23H44O4/c1-3-4-5-10-13-16-21(24)19-20-22(25)17-14-11-8-6-7-9-12-15-18-23(26)27-2/h19-22,24-25H,3-18H2,1-2H3/b20-19+/t21-,22-/m0/s1. The average Bonchev–Trinajstić information content (AvgIpc) is 2.67. The maximum atomic E-state index is 11.0. The quantitative estimate of drug-likeness (QED) is 0.170. The number of rotatable bonds is 19. The summed E-state index contributed by atoms with van der Waals surface area (Å²) in [5.74, 6) is -0.109. The van der Waals surface area contributed by atoms with E-state index in [-0.39, 0.29) is 5.97 Å². The number of hydrogen-bond acceptors (Lipinski definition) is 4. The average molecular weight is 385 g/mol. The number of esters is 1. The summed E-state index contributed by atoms with van der Waals surface area (Å²) in [7, 11) is 1.44. The zero-order chi connectivity index (χ0) is 20.2. The van der Waals surface area contributed by atoms with E-state index in [4.69, 9.17) is 0 Å². The molecule has 0 rings (SSSR count). The van der Waals surface area contributed by atoms with Crippen LogP contribution in [0.4, 0.5) is 0 Å². The number of ether oxygens (including phenoxy) is 1.